The fourth-order valence-electron chi connectivity index (χ4n) is 1.33. The molecular formula is C13H6BrFINO. The fraction of sp³-hybridized carbons (Fsp3) is 0. The van der Waals surface area contributed by atoms with Gasteiger partial charge in [0.25, 0.3) is 0 Å². The molecule has 5 heteroatoms. The van der Waals surface area contributed by atoms with Crippen molar-refractivity contribution in [3.63, 3.8) is 0 Å². The molecule has 0 saturated heterocycles. The summed E-state index contributed by atoms with van der Waals surface area (Å²) in [5.41, 5.74) is 0.238. The van der Waals surface area contributed by atoms with Gasteiger partial charge in [0.05, 0.1) is 10.0 Å². The summed E-state index contributed by atoms with van der Waals surface area (Å²) in [6.45, 7) is 0. The number of ether oxygens (including phenoxy) is 1. The SMILES string of the molecule is N#Cc1ccc(Oc2ccc(I)cc2)c(F)c1Br. The van der Waals surface area contributed by atoms with Crippen molar-refractivity contribution in [2.75, 3.05) is 0 Å². The van der Waals surface area contributed by atoms with Crippen LogP contribution in [-0.2, 0) is 0 Å². The average molecular weight is 418 g/mol. The Bertz CT molecular complexity index is 622. The van der Waals surface area contributed by atoms with Crippen LogP contribution in [0.1, 0.15) is 5.56 Å². The summed E-state index contributed by atoms with van der Waals surface area (Å²) < 4.78 is 20.5. The summed E-state index contributed by atoms with van der Waals surface area (Å²) in [4.78, 5) is 0. The van der Waals surface area contributed by atoms with E-state index in [0.29, 0.717) is 5.75 Å². The molecule has 0 unspecified atom stereocenters. The summed E-state index contributed by atoms with van der Waals surface area (Å²) in [5, 5.41) is 8.77. The number of hydrogen-bond donors (Lipinski definition) is 0. The van der Waals surface area contributed by atoms with Crippen LogP contribution < -0.4 is 4.74 Å². The van der Waals surface area contributed by atoms with E-state index in [9.17, 15) is 4.39 Å². The van der Waals surface area contributed by atoms with Crippen molar-refractivity contribution in [3.8, 4) is 17.6 Å². The van der Waals surface area contributed by atoms with Gasteiger partial charge in [0.1, 0.15) is 11.8 Å². The molecule has 0 radical (unpaired) electrons. The summed E-state index contributed by atoms with van der Waals surface area (Å²) in [7, 11) is 0. The van der Waals surface area contributed by atoms with E-state index in [1.807, 2.05) is 18.2 Å². The Labute approximate surface area is 126 Å². The first kappa shape index (κ1) is 13.3. The molecular weight excluding hydrogens is 412 g/mol. The number of nitrogens with zero attached hydrogens (tertiary/aromatic N) is 1. The van der Waals surface area contributed by atoms with Crippen molar-refractivity contribution in [3.05, 3.63) is 55.8 Å². The number of rotatable bonds is 2. The van der Waals surface area contributed by atoms with E-state index in [2.05, 4.69) is 38.5 Å². The Morgan fingerprint density at radius 2 is 1.83 bits per heavy atom. The van der Waals surface area contributed by atoms with Crippen molar-refractivity contribution in [2.45, 2.75) is 0 Å². The molecule has 0 fully saturated rings. The zero-order valence-corrected chi connectivity index (χ0v) is 12.7. The zero-order valence-electron chi connectivity index (χ0n) is 8.95. The third kappa shape index (κ3) is 2.82. The Morgan fingerprint density at radius 3 is 2.44 bits per heavy atom. The highest BCUT2D eigenvalue weighted by Crippen LogP contribution is 2.31. The largest absolute Gasteiger partial charge is 0.454 e. The fourth-order valence-corrected chi connectivity index (χ4v) is 2.10. The van der Waals surface area contributed by atoms with Gasteiger partial charge in [0.2, 0.25) is 0 Å². The molecule has 2 rings (SSSR count). The van der Waals surface area contributed by atoms with E-state index < -0.39 is 5.82 Å². The van der Waals surface area contributed by atoms with Crippen LogP contribution >= 0.6 is 38.5 Å². The first-order valence-electron chi connectivity index (χ1n) is 4.93. The molecule has 2 aromatic rings. The maximum Gasteiger partial charge on any atom is 0.181 e. The number of nitriles is 1. The molecule has 0 saturated carbocycles. The van der Waals surface area contributed by atoms with Gasteiger partial charge in [0.15, 0.2) is 11.6 Å². The topological polar surface area (TPSA) is 33.0 Å². The number of benzene rings is 2. The van der Waals surface area contributed by atoms with E-state index in [0.717, 1.165) is 3.57 Å². The van der Waals surface area contributed by atoms with Crippen molar-refractivity contribution in [1.82, 2.24) is 0 Å². The molecule has 0 aliphatic carbocycles. The van der Waals surface area contributed by atoms with Gasteiger partial charge in [-0.3, -0.25) is 0 Å². The monoisotopic (exact) mass is 417 g/mol. The lowest BCUT2D eigenvalue weighted by Gasteiger charge is -2.08. The summed E-state index contributed by atoms with van der Waals surface area (Å²) >= 11 is 5.21. The van der Waals surface area contributed by atoms with Crippen LogP contribution in [0.3, 0.4) is 0 Å². The quantitative estimate of drug-likeness (QED) is 0.654. The van der Waals surface area contributed by atoms with Gasteiger partial charge in [0, 0.05) is 3.57 Å². The van der Waals surface area contributed by atoms with Crippen LogP contribution in [0.15, 0.2) is 40.9 Å². The first-order chi connectivity index (χ1) is 8.61. The Hall–Kier alpha value is -1.13. The van der Waals surface area contributed by atoms with Gasteiger partial charge in [-0.2, -0.15) is 5.26 Å². The molecule has 0 aliphatic rings. The van der Waals surface area contributed by atoms with E-state index in [4.69, 9.17) is 10.00 Å². The molecule has 2 aromatic carbocycles. The molecule has 0 heterocycles. The Morgan fingerprint density at radius 1 is 1.17 bits per heavy atom. The van der Waals surface area contributed by atoms with Crippen LogP contribution in [-0.4, -0.2) is 0 Å². The Balaban J connectivity index is 2.33. The molecule has 2 nitrogen and oxygen atoms in total. The Kier molecular flexibility index (Phi) is 4.19. The summed E-state index contributed by atoms with van der Waals surface area (Å²) in [6, 6.07) is 12.1. The minimum atomic E-state index is -0.576. The minimum Gasteiger partial charge on any atom is -0.454 e. The molecule has 0 aliphatic heterocycles. The van der Waals surface area contributed by atoms with Crippen LogP contribution in [0, 0.1) is 20.7 Å². The lowest BCUT2D eigenvalue weighted by atomic mass is 10.2. The lowest BCUT2D eigenvalue weighted by molar-refractivity contribution is 0.440. The smallest absolute Gasteiger partial charge is 0.181 e. The highest BCUT2D eigenvalue weighted by Gasteiger charge is 2.12. The average Bonchev–Trinajstić information content (AvgIpc) is 2.38. The van der Waals surface area contributed by atoms with Crippen LogP contribution in [0.2, 0.25) is 0 Å². The van der Waals surface area contributed by atoms with E-state index >= 15 is 0 Å². The molecule has 0 aromatic heterocycles. The highest BCUT2D eigenvalue weighted by atomic mass is 127. The summed E-state index contributed by atoms with van der Waals surface area (Å²) in [5.74, 6) is 0.0561. The second-order valence-corrected chi connectivity index (χ2v) is 5.45. The number of halogens is 3. The van der Waals surface area contributed by atoms with Crippen molar-refractivity contribution < 1.29 is 9.13 Å². The number of hydrogen-bond acceptors (Lipinski definition) is 2. The van der Waals surface area contributed by atoms with E-state index in [1.165, 1.54) is 12.1 Å². The van der Waals surface area contributed by atoms with Crippen molar-refractivity contribution >= 4 is 38.5 Å². The van der Waals surface area contributed by atoms with Gasteiger partial charge >= 0.3 is 0 Å². The third-order valence-electron chi connectivity index (χ3n) is 2.21. The standard InChI is InChI=1S/C13H6BrFINO/c14-12-8(7-17)1-6-11(13(12)15)18-10-4-2-9(16)3-5-10/h1-6H. The normalized spacial score (nSPS) is 9.89. The van der Waals surface area contributed by atoms with Gasteiger partial charge in [-0.05, 0) is 74.9 Å². The lowest BCUT2D eigenvalue weighted by Crippen LogP contribution is -1.91. The zero-order chi connectivity index (χ0) is 13.1. The summed E-state index contributed by atoms with van der Waals surface area (Å²) in [6.07, 6.45) is 0. The van der Waals surface area contributed by atoms with Gasteiger partial charge in [-0.1, -0.05) is 0 Å². The molecule has 90 valence electrons. The minimum absolute atomic E-state index is 0.0853. The highest BCUT2D eigenvalue weighted by molar-refractivity contribution is 14.1. The maximum absolute atomic E-state index is 13.9. The molecule has 0 atom stereocenters. The van der Waals surface area contributed by atoms with Gasteiger partial charge in [-0.15, -0.1) is 0 Å². The second-order valence-electron chi connectivity index (χ2n) is 3.41. The van der Waals surface area contributed by atoms with Gasteiger partial charge in [-0.25, -0.2) is 4.39 Å². The van der Waals surface area contributed by atoms with Crippen LogP contribution in [0.4, 0.5) is 4.39 Å². The predicted molar refractivity (Wildman–Crippen MR) is 78.0 cm³/mol. The van der Waals surface area contributed by atoms with Crippen LogP contribution in [0.25, 0.3) is 0 Å². The molecule has 0 bridgehead atoms. The molecule has 0 spiro atoms. The van der Waals surface area contributed by atoms with Gasteiger partial charge < -0.3 is 4.74 Å². The molecule has 0 N–H and O–H groups in total. The van der Waals surface area contributed by atoms with Crippen molar-refractivity contribution in [1.29, 1.82) is 5.26 Å². The maximum atomic E-state index is 13.9. The van der Waals surface area contributed by atoms with Crippen LogP contribution in [0.5, 0.6) is 11.5 Å². The van der Waals surface area contributed by atoms with Crippen molar-refractivity contribution in [2.24, 2.45) is 0 Å². The first-order valence-corrected chi connectivity index (χ1v) is 6.80. The van der Waals surface area contributed by atoms with E-state index in [1.54, 1.807) is 12.1 Å². The second kappa shape index (κ2) is 5.67. The predicted octanol–water partition coefficient (Wildman–Crippen LogP) is 4.86. The molecule has 0 amide bonds. The van der Waals surface area contributed by atoms with E-state index in [-0.39, 0.29) is 15.8 Å². The third-order valence-corrected chi connectivity index (χ3v) is 3.70. The molecule has 18 heavy (non-hydrogen) atoms.